The molecule has 6 nitrogen and oxygen atoms in total. The Morgan fingerprint density at radius 3 is 1.87 bits per heavy atom. The molecule has 0 aromatic carbocycles. The summed E-state index contributed by atoms with van der Waals surface area (Å²) in [5, 5.41) is 35.8. The van der Waals surface area contributed by atoms with Crippen LogP contribution in [0.5, 0.6) is 0 Å². The first-order valence-corrected chi connectivity index (χ1v) is 4.56. The molecule has 0 aromatic heterocycles. The Bertz CT molecular complexity index is 237. The Labute approximate surface area is 87.2 Å². The molecule has 0 saturated heterocycles. The van der Waals surface area contributed by atoms with E-state index in [0.29, 0.717) is 0 Å². The molecule has 3 atom stereocenters. The van der Waals surface area contributed by atoms with Crippen molar-refractivity contribution in [2.24, 2.45) is 5.92 Å². The zero-order valence-electron chi connectivity index (χ0n) is 8.62. The van der Waals surface area contributed by atoms with Crippen LogP contribution in [0.1, 0.15) is 13.8 Å². The molecule has 1 unspecified atom stereocenters. The molecule has 0 bridgehead atoms. The molecule has 0 spiro atoms. The molecule has 0 aromatic rings. The first kappa shape index (κ1) is 14.2. The first-order chi connectivity index (χ1) is 6.82. The average Bonchev–Trinajstić information content (AvgIpc) is 2.23. The van der Waals surface area contributed by atoms with E-state index in [-0.39, 0.29) is 0 Å². The lowest BCUT2D eigenvalue weighted by Gasteiger charge is -2.19. The van der Waals surface area contributed by atoms with Gasteiger partial charge in [-0.1, -0.05) is 13.8 Å². The van der Waals surface area contributed by atoms with Crippen molar-refractivity contribution < 1.29 is 30.0 Å². The van der Waals surface area contributed by atoms with Gasteiger partial charge in [-0.2, -0.15) is 0 Å². The van der Waals surface area contributed by atoms with Crippen LogP contribution in [0.2, 0.25) is 0 Å². The van der Waals surface area contributed by atoms with Gasteiger partial charge in [0.15, 0.2) is 0 Å². The van der Waals surface area contributed by atoms with Crippen LogP contribution in [0.3, 0.4) is 0 Å². The molecule has 0 amide bonds. The predicted molar refractivity (Wildman–Crippen MR) is 50.0 cm³/mol. The molecule has 0 radical (unpaired) electrons. The van der Waals surface area contributed by atoms with E-state index in [2.05, 4.69) is 0 Å². The minimum Gasteiger partial charge on any atom is -0.393 e. The largest absolute Gasteiger partial charge is 0.393 e. The molecule has 6 heteroatoms. The van der Waals surface area contributed by atoms with Crippen LogP contribution in [0.15, 0.2) is 0 Å². The molecule has 88 valence electrons. The molecule has 4 N–H and O–H groups in total. The zero-order chi connectivity index (χ0) is 12.2. The topological polar surface area (TPSA) is 115 Å². The third-order valence-corrected chi connectivity index (χ3v) is 1.99. The molecule has 0 fully saturated rings. The summed E-state index contributed by atoms with van der Waals surface area (Å²) in [6.45, 7) is 2.23. The minimum absolute atomic E-state index is 0.400. The molecule has 15 heavy (non-hydrogen) atoms. The monoisotopic (exact) mass is 220 g/mol. The number of aliphatic hydroxyl groups is 4. The summed E-state index contributed by atoms with van der Waals surface area (Å²) >= 11 is 0. The summed E-state index contributed by atoms with van der Waals surface area (Å²) in [5.41, 5.74) is 0. The second kappa shape index (κ2) is 5.92. The number of Topliss-reactive ketones (excluding diaryl/α,β-unsaturated/α-hetero) is 2. The standard InChI is InChI=1S/C9H16O6/c1-4(2)6(12)8(14)9(15)7(13)5(11)3-10/h4-6,8,10-12,14H,3H2,1-2H3/t5-,6?,8-/m1/s1. The molecule has 0 aliphatic carbocycles. The van der Waals surface area contributed by atoms with Crippen LogP contribution in [-0.2, 0) is 9.59 Å². The van der Waals surface area contributed by atoms with Crippen LogP contribution < -0.4 is 0 Å². The Balaban J connectivity index is 4.51. The van der Waals surface area contributed by atoms with Crippen molar-refractivity contribution >= 4 is 11.6 Å². The van der Waals surface area contributed by atoms with Crippen molar-refractivity contribution in [3.05, 3.63) is 0 Å². The van der Waals surface area contributed by atoms with Crippen LogP contribution >= 0.6 is 0 Å². The van der Waals surface area contributed by atoms with Crippen molar-refractivity contribution in [3.63, 3.8) is 0 Å². The number of hydrogen-bond donors (Lipinski definition) is 4. The lowest BCUT2D eigenvalue weighted by Crippen LogP contribution is -2.45. The smallest absolute Gasteiger partial charge is 0.232 e. The van der Waals surface area contributed by atoms with Gasteiger partial charge in [-0.15, -0.1) is 0 Å². The van der Waals surface area contributed by atoms with Crippen molar-refractivity contribution in [1.82, 2.24) is 0 Å². The van der Waals surface area contributed by atoms with Crippen molar-refractivity contribution in [2.75, 3.05) is 6.61 Å². The zero-order valence-corrected chi connectivity index (χ0v) is 8.62. The number of carbonyl (C=O) groups is 2. The van der Waals surface area contributed by atoms with Gasteiger partial charge in [-0.25, -0.2) is 0 Å². The Hall–Kier alpha value is -0.820. The van der Waals surface area contributed by atoms with Gasteiger partial charge in [-0.05, 0) is 5.92 Å². The van der Waals surface area contributed by atoms with E-state index in [1.54, 1.807) is 13.8 Å². The summed E-state index contributed by atoms with van der Waals surface area (Å²) in [4.78, 5) is 22.2. The van der Waals surface area contributed by atoms with Gasteiger partial charge in [0.05, 0.1) is 12.7 Å². The number of carbonyl (C=O) groups excluding carboxylic acids is 2. The number of rotatable bonds is 6. The minimum atomic E-state index is -1.86. The summed E-state index contributed by atoms with van der Waals surface area (Å²) in [6, 6.07) is 0. The lowest BCUT2D eigenvalue weighted by molar-refractivity contribution is -0.151. The second-order valence-corrected chi connectivity index (χ2v) is 3.61. The molecule has 0 heterocycles. The maximum atomic E-state index is 11.2. The van der Waals surface area contributed by atoms with Crippen LogP contribution in [-0.4, -0.2) is 56.9 Å². The highest BCUT2D eigenvalue weighted by Gasteiger charge is 2.34. The summed E-state index contributed by atoms with van der Waals surface area (Å²) < 4.78 is 0. The quantitative estimate of drug-likeness (QED) is 0.379. The highest BCUT2D eigenvalue weighted by molar-refractivity contribution is 6.40. The summed E-state index contributed by atoms with van der Waals surface area (Å²) in [5.74, 6) is -2.99. The van der Waals surface area contributed by atoms with Crippen molar-refractivity contribution in [3.8, 4) is 0 Å². The van der Waals surface area contributed by atoms with E-state index in [0.717, 1.165) is 0 Å². The Kier molecular flexibility index (Phi) is 5.59. The fraction of sp³-hybridized carbons (Fsp3) is 0.778. The van der Waals surface area contributed by atoms with Gasteiger partial charge in [0, 0.05) is 0 Å². The van der Waals surface area contributed by atoms with Crippen LogP contribution in [0, 0.1) is 5.92 Å². The second-order valence-electron chi connectivity index (χ2n) is 3.61. The fourth-order valence-electron chi connectivity index (χ4n) is 0.913. The van der Waals surface area contributed by atoms with E-state index < -0.39 is 42.4 Å². The van der Waals surface area contributed by atoms with Gasteiger partial charge in [-0.3, -0.25) is 9.59 Å². The molecular weight excluding hydrogens is 204 g/mol. The Morgan fingerprint density at radius 1 is 1.07 bits per heavy atom. The molecule has 0 aliphatic heterocycles. The van der Waals surface area contributed by atoms with Gasteiger partial charge in [0.2, 0.25) is 11.6 Å². The molecule has 0 saturated carbocycles. The lowest BCUT2D eigenvalue weighted by atomic mass is 9.96. The summed E-state index contributed by atoms with van der Waals surface area (Å²) in [6.07, 6.45) is -5.07. The van der Waals surface area contributed by atoms with E-state index in [1.165, 1.54) is 0 Å². The van der Waals surface area contributed by atoms with E-state index >= 15 is 0 Å². The predicted octanol–water partition coefficient (Wildman–Crippen LogP) is -2.14. The van der Waals surface area contributed by atoms with E-state index in [1.807, 2.05) is 0 Å². The van der Waals surface area contributed by atoms with Gasteiger partial charge >= 0.3 is 0 Å². The first-order valence-electron chi connectivity index (χ1n) is 4.56. The average molecular weight is 220 g/mol. The molecule has 0 aliphatic rings. The third kappa shape index (κ3) is 3.67. The highest BCUT2D eigenvalue weighted by Crippen LogP contribution is 2.08. The van der Waals surface area contributed by atoms with Crippen molar-refractivity contribution in [2.45, 2.75) is 32.2 Å². The summed E-state index contributed by atoms with van der Waals surface area (Å²) in [7, 11) is 0. The maximum Gasteiger partial charge on any atom is 0.232 e. The van der Waals surface area contributed by atoms with E-state index in [9.17, 15) is 19.8 Å². The maximum absolute atomic E-state index is 11.2. The van der Waals surface area contributed by atoms with Crippen LogP contribution in [0.4, 0.5) is 0 Å². The van der Waals surface area contributed by atoms with Crippen molar-refractivity contribution in [1.29, 1.82) is 0 Å². The van der Waals surface area contributed by atoms with Gasteiger partial charge in [0.1, 0.15) is 12.2 Å². The van der Waals surface area contributed by atoms with Crippen LogP contribution in [0.25, 0.3) is 0 Å². The van der Waals surface area contributed by atoms with E-state index in [4.69, 9.17) is 10.2 Å². The SMILES string of the molecule is CC(C)C(O)[C@@H](O)C(=O)C(=O)[C@H](O)CO. The third-order valence-electron chi connectivity index (χ3n) is 1.99. The fourth-order valence-corrected chi connectivity index (χ4v) is 0.913. The number of hydrogen-bond acceptors (Lipinski definition) is 6. The number of aliphatic hydroxyl groups excluding tert-OH is 4. The highest BCUT2D eigenvalue weighted by atomic mass is 16.3. The van der Waals surface area contributed by atoms with Gasteiger partial charge < -0.3 is 20.4 Å². The molecule has 0 rings (SSSR count). The van der Waals surface area contributed by atoms with Gasteiger partial charge in [0.25, 0.3) is 0 Å². The normalized spacial score (nSPS) is 17.3. The molecular formula is C9H16O6. The number of ketones is 2. The Morgan fingerprint density at radius 2 is 1.53 bits per heavy atom.